The summed E-state index contributed by atoms with van der Waals surface area (Å²) in [6.45, 7) is 11.4. The number of rotatable bonds is 7. The number of pyridine rings is 1. The number of hydrogen-bond acceptors (Lipinski definition) is 7. The predicted octanol–water partition coefficient (Wildman–Crippen LogP) is 3.89. The van der Waals surface area contributed by atoms with Crippen LogP contribution in [0.25, 0.3) is 16.7 Å². The molecule has 1 atom stereocenters. The quantitative estimate of drug-likeness (QED) is 0.311. The molecular weight excluding hydrogens is 496 g/mol. The molecule has 10 heteroatoms. The van der Waals surface area contributed by atoms with Gasteiger partial charge in [0.15, 0.2) is 5.65 Å². The van der Waals surface area contributed by atoms with E-state index >= 15 is 0 Å². The van der Waals surface area contributed by atoms with Gasteiger partial charge < -0.3 is 10.6 Å². The maximum atomic E-state index is 13.6. The van der Waals surface area contributed by atoms with Gasteiger partial charge in [-0.2, -0.15) is 4.98 Å². The van der Waals surface area contributed by atoms with Gasteiger partial charge in [-0.25, -0.2) is 14.3 Å². The van der Waals surface area contributed by atoms with Crippen molar-refractivity contribution < 1.29 is 0 Å². The fourth-order valence-corrected chi connectivity index (χ4v) is 5.18. The Bertz CT molecular complexity index is 1560. The van der Waals surface area contributed by atoms with Gasteiger partial charge in [0.25, 0.3) is 5.56 Å². The topological polar surface area (TPSA) is 102 Å². The summed E-state index contributed by atoms with van der Waals surface area (Å²) in [5.74, 6) is 0.450. The summed E-state index contributed by atoms with van der Waals surface area (Å²) >= 11 is 0. The van der Waals surface area contributed by atoms with Crippen molar-refractivity contribution in [2.24, 2.45) is 0 Å². The fourth-order valence-electron chi connectivity index (χ4n) is 4.60. The number of aromatic nitrogens is 5. The molecular formula is C28H36N8OS. The smallest absolute Gasteiger partial charge is 0.278 e. The molecule has 9 nitrogen and oxygen atoms in total. The van der Waals surface area contributed by atoms with Crippen molar-refractivity contribution in [2.45, 2.75) is 52.6 Å². The number of hydrogen-bond donors (Lipinski definition) is 3. The van der Waals surface area contributed by atoms with E-state index in [0.29, 0.717) is 30.1 Å². The highest BCUT2D eigenvalue weighted by Crippen LogP contribution is 2.25. The molecule has 0 bridgehead atoms. The van der Waals surface area contributed by atoms with Crippen LogP contribution in [0.1, 0.15) is 44.5 Å². The Kier molecular flexibility index (Phi) is 7.47. The molecule has 0 saturated carbocycles. The SMILES string of the molecule is C/C=S(\C)NCCn1c(=O)c2cnc(Nc3ccc4c(c3)CNCC4)nc2n1-c1ccnc(C(C)(C)C)c1. The molecule has 0 aliphatic carbocycles. The van der Waals surface area contributed by atoms with Gasteiger partial charge in [-0.15, -0.1) is 10.7 Å². The van der Waals surface area contributed by atoms with E-state index in [1.165, 1.54) is 11.1 Å². The van der Waals surface area contributed by atoms with Gasteiger partial charge >= 0.3 is 0 Å². The first-order valence-electron chi connectivity index (χ1n) is 13.0. The lowest BCUT2D eigenvalue weighted by molar-refractivity contribution is 0.538. The van der Waals surface area contributed by atoms with Crippen molar-refractivity contribution >= 4 is 38.7 Å². The Balaban J connectivity index is 1.59. The van der Waals surface area contributed by atoms with Gasteiger partial charge in [-0.1, -0.05) is 32.2 Å². The molecule has 0 saturated heterocycles. The van der Waals surface area contributed by atoms with Crippen LogP contribution < -0.4 is 20.9 Å². The summed E-state index contributed by atoms with van der Waals surface area (Å²) in [6, 6.07) is 10.3. The van der Waals surface area contributed by atoms with E-state index < -0.39 is 0 Å². The standard InChI is InChI=1S/C28H36N8OS/c1-6-38(5)32-13-14-35-26(37)23-18-31-27(33-21-8-7-19-9-11-29-17-20(19)15-21)34-25(23)36(35)22-10-12-30-24(16-22)28(2,3)4/h6-8,10,12,15-16,18,29,32H,9,11,13-14,17H2,1-5H3,(H,31,33,34). The maximum absolute atomic E-state index is 13.6. The van der Waals surface area contributed by atoms with E-state index in [2.05, 4.69) is 75.9 Å². The first-order valence-corrected chi connectivity index (χ1v) is 14.7. The van der Waals surface area contributed by atoms with E-state index in [1.807, 2.05) is 23.7 Å². The van der Waals surface area contributed by atoms with E-state index in [1.54, 1.807) is 17.1 Å². The fraction of sp³-hybridized carbons (Fsp3) is 0.393. The summed E-state index contributed by atoms with van der Waals surface area (Å²) in [6.07, 6.45) is 6.58. The molecule has 200 valence electrons. The van der Waals surface area contributed by atoms with Crippen molar-refractivity contribution in [3.63, 3.8) is 0 Å². The molecule has 1 aliphatic heterocycles. The molecule has 1 aliphatic rings. The lowest BCUT2D eigenvalue weighted by Gasteiger charge is -2.20. The molecule has 1 aromatic carbocycles. The van der Waals surface area contributed by atoms with E-state index in [0.717, 1.165) is 36.6 Å². The molecule has 4 heterocycles. The average molecular weight is 533 g/mol. The molecule has 0 radical (unpaired) electrons. The molecule has 3 N–H and O–H groups in total. The Morgan fingerprint density at radius 2 is 2.00 bits per heavy atom. The zero-order chi connectivity index (χ0) is 26.9. The molecule has 3 aromatic heterocycles. The zero-order valence-electron chi connectivity index (χ0n) is 22.7. The third kappa shape index (κ3) is 5.43. The van der Waals surface area contributed by atoms with Crippen molar-refractivity contribution in [3.8, 4) is 5.69 Å². The Morgan fingerprint density at radius 1 is 1.16 bits per heavy atom. The van der Waals surface area contributed by atoms with Crippen LogP contribution in [0.2, 0.25) is 0 Å². The number of benzene rings is 1. The molecule has 38 heavy (non-hydrogen) atoms. The highest BCUT2D eigenvalue weighted by atomic mass is 32.2. The van der Waals surface area contributed by atoms with Gasteiger partial charge in [-0.3, -0.25) is 14.5 Å². The first-order chi connectivity index (χ1) is 18.2. The van der Waals surface area contributed by atoms with Crippen molar-refractivity contribution in [2.75, 3.05) is 24.7 Å². The maximum Gasteiger partial charge on any atom is 0.278 e. The first kappa shape index (κ1) is 26.3. The zero-order valence-corrected chi connectivity index (χ0v) is 23.5. The number of fused-ring (bicyclic) bond motifs is 2. The van der Waals surface area contributed by atoms with E-state index in [4.69, 9.17) is 4.98 Å². The van der Waals surface area contributed by atoms with Crippen LogP contribution in [0, 0.1) is 0 Å². The van der Waals surface area contributed by atoms with Crippen molar-refractivity contribution in [3.05, 3.63) is 69.9 Å². The highest BCUT2D eigenvalue weighted by Gasteiger charge is 2.21. The van der Waals surface area contributed by atoms with Crippen LogP contribution in [0.15, 0.2) is 47.5 Å². The minimum absolute atomic E-state index is 0.0212. The lowest BCUT2D eigenvalue weighted by atomic mass is 9.91. The largest absolute Gasteiger partial charge is 0.324 e. The van der Waals surface area contributed by atoms with E-state index in [9.17, 15) is 4.79 Å². The minimum atomic E-state index is -0.137. The summed E-state index contributed by atoms with van der Waals surface area (Å²) in [4.78, 5) is 27.5. The summed E-state index contributed by atoms with van der Waals surface area (Å²) in [5.41, 5.74) is 5.68. The average Bonchev–Trinajstić information content (AvgIpc) is 3.18. The molecule has 0 amide bonds. The second-order valence-electron chi connectivity index (χ2n) is 10.5. The van der Waals surface area contributed by atoms with Crippen molar-refractivity contribution in [1.29, 1.82) is 0 Å². The predicted molar refractivity (Wildman–Crippen MR) is 158 cm³/mol. The highest BCUT2D eigenvalue weighted by molar-refractivity contribution is 8.12. The Morgan fingerprint density at radius 3 is 2.79 bits per heavy atom. The van der Waals surface area contributed by atoms with Crippen molar-refractivity contribution in [1.82, 2.24) is 34.4 Å². The normalized spacial score (nSPS) is 14.6. The monoisotopic (exact) mass is 532 g/mol. The number of anilines is 2. The van der Waals surface area contributed by atoms with Gasteiger partial charge in [0.2, 0.25) is 5.95 Å². The summed E-state index contributed by atoms with van der Waals surface area (Å²) < 4.78 is 7.12. The molecule has 0 fully saturated rings. The number of nitrogens with one attached hydrogen (secondary N) is 3. The second-order valence-corrected chi connectivity index (χ2v) is 12.4. The number of nitrogens with zero attached hydrogens (tertiary/aromatic N) is 5. The van der Waals surface area contributed by atoms with Crippen LogP contribution >= 0.6 is 10.7 Å². The lowest BCUT2D eigenvalue weighted by Crippen LogP contribution is -2.27. The second kappa shape index (κ2) is 10.8. The molecule has 4 aromatic rings. The summed E-state index contributed by atoms with van der Waals surface area (Å²) in [5, 5.41) is 9.38. The van der Waals surface area contributed by atoms with Crippen LogP contribution in [0.5, 0.6) is 0 Å². The van der Waals surface area contributed by atoms with Crippen LogP contribution in [0.4, 0.5) is 11.6 Å². The van der Waals surface area contributed by atoms with Gasteiger partial charge in [0, 0.05) is 42.3 Å². The van der Waals surface area contributed by atoms with E-state index in [-0.39, 0.29) is 21.6 Å². The van der Waals surface area contributed by atoms with Crippen LogP contribution in [-0.4, -0.2) is 49.0 Å². The van der Waals surface area contributed by atoms with Crippen LogP contribution in [0.3, 0.4) is 0 Å². The van der Waals surface area contributed by atoms with Gasteiger partial charge in [0.1, 0.15) is 5.39 Å². The molecule has 0 spiro atoms. The summed E-state index contributed by atoms with van der Waals surface area (Å²) in [7, 11) is -0.0212. The molecule has 5 rings (SSSR count). The van der Waals surface area contributed by atoms with Gasteiger partial charge in [-0.05, 0) is 61.5 Å². The minimum Gasteiger partial charge on any atom is -0.324 e. The third-order valence-corrected chi connectivity index (χ3v) is 8.15. The third-order valence-electron chi connectivity index (χ3n) is 6.79. The van der Waals surface area contributed by atoms with Gasteiger partial charge in [0.05, 0.1) is 12.2 Å². The Labute approximate surface area is 225 Å². The van der Waals surface area contributed by atoms with Crippen LogP contribution in [-0.2, 0) is 24.9 Å². The Hall–Kier alpha value is -3.34. The molecule has 1 unspecified atom stereocenters.